The van der Waals surface area contributed by atoms with Crippen LogP contribution in [0.3, 0.4) is 0 Å². The van der Waals surface area contributed by atoms with E-state index >= 15 is 0 Å². The normalized spacial score (nSPS) is 19.0. The van der Waals surface area contributed by atoms with E-state index in [4.69, 9.17) is 4.74 Å². The van der Waals surface area contributed by atoms with Crippen molar-refractivity contribution in [2.45, 2.75) is 45.8 Å². The molecule has 2 rings (SSSR count). The first-order valence-electron chi connectivity index (χ1n) is 6.86. The Kier molecular flexibility index (Phi) is 4.11. The Hall–Kier alpha value is -1.85. The number of anilines is 1. The Labute approximate surface area is 119 Å². The molecule has 0 aromatic carbocycles. The van der Waals surface area contributed by atoms with E-state index in [-0.39, 0.29) is 12.1 Å². The molecule has 0 saturated carbocycles. The average molecular weight is 278 g/mol. The molecule has 0 unspecified atom stereocenters. The standard InChI is InChI=1S/C14H22N4O2/c1-10-7-12(16-9-15-10)17-11-5-6-18(8-11)13(19)20-14(2,3)4/h7,9,11H,5-6,8H2,1-4H3,(H,15,16,17)/t11-/m1/s1. The van der Waals surface area contributed by atoms with Crippen LogP contribution >= 0.6 is 0 Å². The molecule has 1 fully saturated rings. The SMILES string of the molecule is Cc1cc(N[C@@H]2CCN(C(=O)OC(C)(C)C)C2)ncn1. The van der Waals surface area contributed by atoms with E-state index in [2.05, 4.69) is 15.3 Å². The summed E-state index contributed by atoms with van der Waals surface area (Å²) in [5, 5.41) is 3.33. The minimum Gasteiger partial charge on any atom is -0.444 e. The number of aryl methyl sites for hydroxylation is 1. The number of amides is 1. The van der Waals surface area contributed by atoms with Crippen molar-refractivity contribution in [1.29, 1.82) is 0 Å². The molecule has 6 nitrogen and oxygen atoms in total. The maximum atomic E-state index is 12.0. The molecule has 0 aliphatic carbocycles. The van der Waals surface area contributed by atoms with Crippen molar-refractivity contribution in [3.8, 4) is 0 Å². The molecule has 0 spiro atoms. The molecule has 1 amide bonds. The second kappa shape index (κ2) is 5.64. The highest BCUT2D eigenvalue weighted by atomic mass is 16.6. The van der Waals surface area contributed by atoms with E-state index < -0.39 is 5.60 Å². The van der Waals surface area contributed by atoms with E-state index in [1.165, 1.54) is 6.33 Å². The van der Waals surface area contributed by atoms with Crippen molar-refractivity contribution >= 4 is 11.9 Å². The highest BCUT2D eigenvalue weighted by Crippen LogP contribution is 2.17. The third kappa shape index (κ3) is 4.08. The quantitative estimate of drug-likeness (QED) is 0.898. The number of rotatable bonds is 2. The third-order valence-electron chi connectivity index (χ3n) is 3.00. The molecule has 20 heavy (non-hydrogen) atoms. The van der Waals surface area contributed by atoms with Crippen molar-refractivity contribution < 1.29 is 9.53 Å². The number of hydrogen-bond donors (Lipinski definition) is 1. The van der Waals surface area contributed by atoms with Crippen LogP contribution in [0.1, 0.15) is 32.9 Å². The monoisotopic (exact) mass is 278 g/mol. The van der Waals surface area contributed by atoms with Crippen LogP contribution in [-0.4, -0.2) is 45.7 Å². The number of nitrogens with zero attached hydrogens (tertiary/aromatic N) is 3. The van der Waals surface area contributed by atoms with Gasteiger partial charge < -0.3 is 15.0 Å². The molecular weight excluding hydrogens is 256 g/mol. The number of hydrogen-bond acceptors (Lipinski definition) is 5. The van der Waals surface area contributed by atoms with E-state index in [1.807, 2.05) is 33.8 Å². The average Bonchev–Trinajstić information content (AvgIpc) is 2.75. The Bertz CT molecular complexity index is 484. The van der Waals surface area contributed by atoms with Gasteiger partial charge in [-0.25, -0.2) is 14.8 Å². The Balaban J connectivity index is 1.88. The third-order valence-corrected chi connectivity index (χ3v) is 3.00. The fraction of sp³-hybridized carbons (Fsp3) is 0.643. The summed E-state index contributed by atoms with van der Waals surface area (Å²) in [6.45, 7) is 8.89. The van der Waals surface area contributed by atoms with E-state index in [9.17, 15) is 4.79 Å². The van der Waals surface area contributed by atoms with Crippen molar-refractivity contribution in [3.63, 3.8) is 0 Å². The number of ether oxygens (including phenoxy) is 1. The van der Waals surface area contributed by atoms with E-state index in [0.717, 1.165) is 17.9 Å². The molecule has 1 aromatic rings. The van der Waals surface area contributed by atoms with Crippen LogP contribution < -0.4 is 5.32 Å². The molecule has 110 valence electrons. The van der Waals surface area contributed by atoms with Crippen LogP contribution in [0, 0.1) is 6.92 Å². The van der Waals surface area contributed by atoms with Gasteiger partial charge in [-0.3, -0.25) is 0 Å². The van der Waals surface area contributed by atoms with Gasteiger partial charge in [-0.05, 0) is 34.1 Å². The largest absolute Gasteiger partial charge is 0.444 e. The van der Waals surface area contributed by atoms with E-state index in [0.29, 0.717) is 13.1 Å². The van der Waals surface area contributed by atoms with Gasteiger partial charge in [0.05, 0.1) is 0 Å². The molecule has 1 aliphatic heterocycles. The first kappa shape index (κ1) is 14.6. The molecule has 1 N–H and O–H groups in total. The first-order chi connectivity index (χ1) is 9.33. The topological polar surface area (TPSA) is 67.4 Å². The Morgan fingerprint density at radius 2 is 2.20 bits per heavy atom. The lowest BCUT2D eigenvalue weighted by Gasteiger charge is -2.24. The lowest BCUT2D eigenvalue weighted by Crippen LogP contribution is -2.36. The fourth-order valence-electron chi connectivity index (χ4n) is 2.11. The number of carbonyl (C=O) groups is 1. The summed E-state index contributed by atoms with van der Waals surface area (Å²) in [4.78, 5) is 21.9. The zero-order valence-electron chi connectivity index (χ0n) is 12.5. The lowest BCUT2D eigenvalue weighted by molar-refractivity contribution is 0.0293. The van der Waals surface area contributed by atoms with Gasteiger partial charge in [0.15, 0.2) is 0 Å². The molecule has 1 aromatic heterocycles. The number of carbonyl (C=O) groups excluding carboxylic acids is 1. The summed E-state index contributed by atoms with van der Waals surface area (Å²) in [5.41, 5.74) is 0.469. The predicted octanol–water partition coefficient (Wildman–Crippen LogP) is 2.21. The van der Waals surface area contributed by atoms with Gasteiger partial charge in [-0.2, -0.15) is 0 Å². The Morgan fingerprint density at radius 3 is 2.85 bits per heavy atom. The minimum absolute atomic E-state index is 0.205. The van der Waals surface area contributed by atoms with Crippen molar-refractivity contribution in [2.24, 2.45) is 0 Å². The van der Waals surface area contributed by atoms with Gasteiger partial charge >= 0.3 is 6.09 Å². The lowest BCUT2D eigenvalue weighted by atomic mass is 10.2. The molecule has 6 heteroatoms. The van der Waals surface area contributed by atoms with Gasteiger partial charge in [-0.15, -0.1) is 0 Å². The minimum atomic E-state index is -0.452. The number of aromatic nitrogens is 2. The first-order valence-corrected chi connectivity index (χ1v) is 6.86. The van der Waals surface area contributed by atoms with Crippen molar-refractivity contribution in [3.05, 3.63) is 18.1 Å². The summed E-state index contributed by atoms with van der Waals surface area (Å²) in [5.74, 6) is 0.800. The van der Waals surface area contributed by atoms with Crippen molar-refractivity contribution in [1.82, 2.24) is 14.9 Å². The van der Waals surface area contributed by atoms with Crippen LogP contribution in [0.5, 0.6) is 0 Å². The van der Waals surface area contributed by atoms with Gasteiger partial charge in [0.1, 0.15) is 17.7 Å². The summed E-state index contributed by atoms with van der Waals surface area (Å²) in [6.07, 6.45) is 2.18. The van der Waals surface area contributed by atoms with Gasteiger partial charge in [-0.1, -0.05) is 0 Å². The smallest absolute Gasteiger partial charge is 0.410 e. The zero-order chi connectivity index (χ0) is 14.8. The summed E-state index contributed by atoms with van der Waals surface area (Å²) in [6, 6.07) is 2.10. The van der Waals surface area contributed by atoms with E-state index in [1.54, 1.807) is 4.90 Å². The highest BCUT2D eigenvalue weighted by Gasteiger charge is 2.29. The van der Waals surface area contributed by atoms with Crippen LogP contribution in [0.15, 0.2) is 12.4 Å². The summed E-state index contributed by atoms with van der Waals surface area (Å²) < 4.78 is 5.37. The molecule has 1 aliphatic rings. The highest BCUT2D eigenvalue weighted by molar-refractivity contribution is 5.68. The molecular formula is C14H22N4O2. The van der Waals surface area contributed by atoms with Crippen LogP contribution in [0.2, 0.25) is 0 Å². The zero-order valence-corrected chi connectivity index (χ0v) is 12.5. The van der Waals surface area contributed by atoms with Crippen LogP contribution in [0.25, 0.3) is 0 Å². The molecule has 0 bridgehead atoms. The molecule has 0 radical (unpaired) electrons. The summed E-state index contributed by atoms with van der Waals surface area (Å²) in [7, 11) is 0. The molecule has 1 saturated heterocycles. The van der Waals surface area contributed by atoms with Gasteiger partial charge in [0, 0.05) is 30.9 Å². The van der Waals surface area contributed by atoms with Crippen molar-refractivity contribution in [2.75, 3.05) is 18.4 Å². The maximum absolute atomic E-state index is 12.0. The fourth-order valence-corrected chi connectivity index (χ4v) is 2.11. The molecule has 1 atom stereocenters. The number of likely N-dealkylation sites (tertiary alicyclic amines) is 1. The predicted molar refractivity (Wildman–Crippen MR) is 76.6 cm³/mol. The number of nitrogens with one attached hydrogen (secondary N) is 1. The van der Waals surface area contributed by atoms with Crippen LogP contribution in [-0.2, 0) is 4.74 Å². The van der Waals surface area contributed by atoms with Gasteiger partial charge in [0.25, 0.3) is 0 Å². The second-order valence-corrected chi connectivity index (χ2v) is 6.10. The van der Waals surface area contributed by atoms with Gasteiger partial charge in [0.2, 0.25) is 0 Å². The summed E-state index contributed by atoms with van der Waals surface area (Å²) >= 11 is 0. The maximum Gasteiger partial charge on any atom is 0.410 e. The Morgan fingerprint density at radius 1 is 1.45 bits per heavy atom. The molecule has 2 heterocycles. The van der Waals surface area contributed by atoms with Crippen LogP contribution in [0.4, 0.5) is 10.6 Å². The second-order valence-electron chi connectivity index (χ2n) is 6.10.